The Balaban J connectivity index is 0.00000208. The van der Waals surface area contributed by atoms with E-state index in [1.165, 1.54) is 31.2 Å². The Labute approximate surface area is 156 Å². The third-order valence-electron chi connectivity index (χ3n) is 5.29. The van der Waals surface area contributed by atoms with Crippen LogP contribution < -0.4 is 10.6 Å². The molecule has 2 N–H and O–H groups in total. The molecule has 0 radical (unpaired) electrons. The molecule has 1 saturated heterocycles. The van der Waals surface area contributed by atoms with Gasteiger partial charge in [0.15, 0.2) is 0 Å². The SMILES string of the molecule is CC(CC(=O)NC(c1ccc(Cl)cc1)C1CC1)C1CCCNC1.Cl. The number of halogens is 2. The van der Waals surface area contributed by atoms with Gasteiger partial charge in [-0.1, -0.05) is 30.7 Å². The van der Waals surface area contributed by atoms with Gasteiger partial charge in [0.1, 0.15) is 0 Å². The van der Waals surface area contributed by atoms with Gasteiger partial charge in [-0.25, -0.2) is 0 Å². The summed E-state index contributed by atoms with van der Waals surface area (Å²) in [6.45, 7) is 4.39. The van der Waals surface area contributed by atoms with E-state index in [0.29, 0.717) is 24.2 Å². The normalized spacial score (nSPS) is 23.0. The zero-order valence-corrected chi connectivity index (χ0v) is 15.8. The molecule has 1 heterocycles. The zero-order chi connectivity index (χ0) is 16.2. The monoisotopic (exact) mass is 370 g/mol. The summed E-state index contributed by atoms with van der Waals surface area (Å²) in [5, 5.41) is 7.47. The molecule has 0 spiro atoms. The Bertz CT molecular complexity index is 525. The van der Waals surface area contributed by atoms with Crippen molar-refractivity contribution in [3.63, 3.8) is 0 Å². The summed E-state index contributed by atoms with van der Waals surface area (Å²) in [5.74, 6) is 1.85. The lowest BCUT2D eigenvalue weighted by Gasteiger charge is -2.28. The fourth-order valence-corrected chi connectivity index (χ4v) is 3.75. The van der Waals surface area contributed by atoms with Crippen molar-refractivity contribution in [1.82, 2.24) is 10.6 Å². The quantitative estimate of drug-likeness (QED) is 0.780. The summed E-state index contributed by atoms with van der Waals surface area (Å²) in [5.41, 5.74) is 1.18. The minimum absolute atomic E-state index is 0. The first-order valence-electron chi connectivity index (χ1n) is 8.89. The second kappa shape index (κ2) is 9.07. The van der Waals surface area contributed by atoms with Crippen LogP contribution in [-0.2, 0) is 4.79 Å². The molecular weight excluding hydrogens is 343 g/mol. The molecule has 3 nitrogen and oxygen atoms in total. The lowest BCUT2D eigenvalue weighted by atomic mass is 9.85. The molecule has 1 amide bonds. The first kappa shape index (κ1) is 19.6. The van der Waals surface area contributed by atoms with E-state index in [4.69, 9.17) is 11.6 Å². The van der Waals surface area contributed by atoms with E-state index in [0.717, 1.165) is 18.1 Å². The van der Waals surface area contributed by atoms with Crippen LogP contribution in [0.2, 0.25) is 5.02 Å². The van der Waals surface area contributed by atoms with Gasteiger partial charge in [0.05, 0.1) is 6.04 Å². The highest BCUT2D eigenvalue weighted by atomic mass is 35.5. The third-order valence-corrected chi connectivity index (χ3v) is 5.54. The fourth-order valence-electron chi connectivity index (χ4n) is 3.63. The maximum Gasteiger partial charge on any atom is 0.220 e. The average molecular weight is 371 g/mol. The topological polar surface area (TPSA) is 41.1 Å². The number of rotatable bonds is 6. The van der Waals surface area contributed by atoms with E-state index in [-0.39, 0.29) is 24.4 Å². The number of amides is 1. The lowest BCUT2D eigenvalue weighted by molar-refractivity contribution is -0.123. The van der Waals surface area contributed by atoms with E-state index >= 15 is 0 Å². The molecule has 2 fully saturated rings. The van der Waals surface area contributed by atoms with Gasteiger partial charge in [-0.15, -0.1) is 12.4 Å². The summed E-state index contributed by atoms with van der Waals surface area (Å²) in [6, 6.07) is 8.06. The first-order chi connectivity index (χ1) is 11.1. The summed E-state index contributed by atoms with van der Waals surface area (Å²) >= 11 is 5.98. The maximum atomic E-state index is 12.5. The molecule has 1 aromatic rings. The van der Waals surface area contributed by atoms with Crippen LogP contribution in [0, 0.1) is 17.8 Å². The van der Waals surface area contributed by atoms with E-state index in [1.807, 2.05) is 24.3 Å². The molecule has 3 rings (SSSR count). The van der Waals surface area contributed by atoms with Crippen LogP contribution in [0.3, 0.4) is 0 Å². The van der Waals surface area contributed by atoms with Crippen LogP contribution >= 0.6 is 24.0 Å². The van der Waals surface area contributed by atoms with E-state index < -0.39 is 0 Å². The van der Waals surface area contributed by atoms with E-state index in [1.54, 1.807) is 0 Å². The van der Waals surface area contributed by atoms with Crippen molar-refractivity contribution in [3.05, 3.63) is 34.9 Å². The van der Waals surface area contributed by atoms with Gasteiger partial charge in [0.2, 0.25) is 5.91 Å². The standard InChI is InChI=1S/C19H27ClN2O.ClH/c1-13(16-3-2-10-21-12-16)11-18(23)22-19(14-4-5-14)15-6-8-17(20)9-7-15;/h6-9,13-14,16,19,21H,2-5,10-12H2,1H3,(H,22,23);1H. The summed E-state index contributed by atoms with van der Waals surface area (Å²) in [4.78, 5) is 12.5. The molecule has 2 aliphatic rings. The molecular formula is C19H28Cl2N2O. The van der Waals surface area contributed by atoms with Crippen molar-refractivity contribution in [2.45, 2.75) is 45.1 Å². The number of piperidine rings is 1. The number of hydrogen-bond donors (Lipinski definition) is 2. The molecule has 0 bridgehead atoms. The van der Waals surface area contributed by atoms with Crippen LogP contribution in [0.5, 0.6) is 0 Å². The number of hydrogen-bond acceptors (Lipinski definition) is 2. The number of carbonyl (C=O) groups excluding carboxylic acids is 1. The van der Waals surface area contributed by atoms with Gasteiger partial charge in [-0.3, -0.25) is 4.79 Å². The largest absolute Gasteiger partial charge is 0.349 e. The number of nitrogens with one attached hydrogen (secondary N) is 2. The Kier molecular flexibility index (Phi) is 7.39. The van der Waals surface area contributed by atoms with Crippen LogP contribution in [0.1, 0.15) is 50.6 Å². The second-order valence-electron chi connectivity index (χ2n) is 7.22. The molecule has 1 aromatic carbocycles. The van der Waals surface area contributed by atoms with Crippen LogP contribution in [0.15, 0.2) is 24.3 Å². The molecule has 3 unspecified atom stereocenters. The summed E-state index contributed by atoms with van der Waals surface area (Å²) in [7, 11) is 0. The minimum atomic E-state index is 0. The number of benzene rings is 1. The first-order valence-corrected chi connectivity index (χ1v) is 9.27. The molecule has 0 aromatic heterocycles. The summed E-state index contributed by atoms with van der Waals surface area (Å²) < 4.78 is 0. The van der Waals surface area contributed by atoms with Crippen molar-refractivity contribution in [1.29, 1.82) is 0 Å². The number of carbonyl (C=O) groups is 1. The van der Waals surface area contributed by atoms with Gasteiger partial charge in [0, 0.05) is 11.4 Å². The second-order valence-corrected chi connectivity index (χ2v) is 7.66. The lowest BCUT2D eigenvalue weighted by Crippen LogP contribution is -2.36. The van der Waals surface area contributed by atoms with Gasteiger partial charge >= 0.3 is 0 Å². The Morgan fingerprint density at radius 1 is 1.25 bits per heavy atom. The predicted molar refractivity (Wildman–Crippen MR) is 102 cm³/mol. The fraction of sp³-hybridized carbons (Fsp3) is 0.632. The molecule has 5 heteroatoms. The van der Waals surface area contributed by atoms with Gasteiger partial charge in [-0.2, -0.15) is 0 Å². The molecule has 1 saturated carbocycles. The zero-order valence-electron chi connectivity index (χ0n) is 14.3. The molecule has 1 aliphatic carbocycles. The van der Waals surface area contributed by atoms with Crippen molar-refractivity contribution in [3.8, 4) is 0 Å². The predicted octanol–water partition coefficient (Wildman–Crippen LogP) is 4.35. The molecule has 24 heavy (non-hydrogen) atoms. The van der Waals surface area contributed by atoms with Crippen molar-refractivity contribution >= 4 is 29.9 Å². The Morgan fingerprint density at radius 3 is 2.54 bits per heavy atom. The molecule has 3 atom stereocenters. The molecule has 134 valence electrons. The smallest absolute Gasteiger partial charge is 0.220 e. The minimum Gasteiger partial charge on any atom is -0.349 e. The maximum absolute atomic E-state index is 12.5. The van der Waals surface area contributed by atoms with Crippen LogP contribution in [0.4, 0.5) is 0 Å². The highest BCUT2D eigenvalue weighted by Gasteiger charge is 2.34. The highest BCUT2D eigenvalue weighted by Crippen LogP contribution is 2.41. The van der Waals surface area contributed by atoms with E-state index in [9.17, 15) is 4.79 Å². The van der Waals surface area contributed by atoms with Gasteiger partial charge < -0.3 is 10.6 Å². The van der Waals surface area contributed by atoms with Gasteiger partial charge in [0.25, 0.3) is 0 Å². The van der Waals surface area contributed by atoms with Crippen molar-refractivity contribution in [2.75, 3.05) is 13.1 Å². The average Bonchev–Trinajstić information content (AvgIpc) is 3.39. The van der Waals surface area contributed by atoms with Crippen molar-refractivity contribution in [2.24, 2.45) is 17.8 Å². The van der Waals surface area contributed by atoms with Gasteiger partial charge in [-0.05, 0) is 74.2 Å². The van der Waals surface area contributed by atoms with Crippen LogP contribution in [-0.4, -0.2) is 19.0 Å². The Hall–Kier alpha value is -0.770. The molecule has 1 aliphatic heterocycles. The van der Waals surface area contributed by atoms with Crippen LogP contribution in [0.25, 0.3) is 0 Å². The Morgan fingerprint density at radius 2 is 1.96 bits per heavy atom. The third kappa shape index (κ3) is 5.37. The highest BCUT2D eigenvalue weighted by molar-refractivity contribution is 6.30. The van der Waals surface area contributed by atoms with Crippen molar-refractivity contribution < 1.29 is 4.79 Å². The van der Waals surface area contributed by atoms with E-state index in [2.05, 4.69) is 17.6 Å². The summed E-state index contributed by atoms with van der Waals surface area (Å²) in [6.07, 6.45) is 5.51.